The number of aromatic nitrogens is 2. The summed E-state index contributed by atoms with van der Waals surface area (Å²) in [5.41, 5.74) is 2.06. The normalized spacial score (nSPS) is 18.5. The third-order valence-electron chi connectivity index (χ3n) is 3.97. The summed E-state index contributed by atoms with van der Waals surface area (Å²) in [6.45, 7) is 2.11. The highest BCUT2D eigenvalue weighted by Crippen LogP contribution is 2.32. The molecule has 1 aromatic heterocycles. The van der Waals surface area contributed by atoms with Gasteiger partial charge in [0.2, 0.25) is 0 Å². The molecule has 1 aromatic carbocycles. The minimum absolute atomic E-state index is 0.479. The zero-order valence-corrected chi connectivity index (χ0v) is 12.5. The lowest BCUT2D eigenvalue weighted by Gasteiger charge is -2.20. The molecule has 2 aromatic rings. The Morgan fingerprint density at radius 1 is 1.19 bits per heavy atom. The third-order valence-corrected chi connectivity index (χ3v) is 3.97. The monoisotopic (exact) mass is 287 g/mol. The van der Waals surface area contributed by atoms with Crippen LogP contribution in [0.3, 0.4) is 0 Å². The average Bonchev–Trinajstić information content (AvgIpc) is 3.05. The topological polar surface area (TPSA) is 59.2 Å². The molecule has 1 aliphatic heterocycles. The number of H-pyrrole nitrogens is 1. The second-order valence-corrected chi connectivity index (χ2v) is 5.30. The number of ether oxygens (including phenoxy) is 2. The molecule has 0 bridgehead atoms. The molecule has 2 heterocycles. The number of nitrogens with one attached hydrogen (secondary N) is 2. The van der Waals surface area contributed by atoms with Gasteiger partial charge in [-0.3, -0.25) is 0 Å². The summed E-state index contributed by atoms with van der Waals surface area (Å²) >= 11 is 0. The molecule has 1 aliphatic rings. The minimum Gasteiger partial charge on any atom is -0.493 e. The molecular weight excluding hydrogens is 266 g/mol. The van der Waals surface area contributed by atoms with E-state index in [2.05, 4.69) is 15.3 Å². The van der Waals surface area contributed by atoms with Crippen LogP contribution < -0.4 is 14.8 Å². The Morgan fingerprint density at radius 2 is 2.05 bits per heavy atom. The van der Waals surface area contributed by atoms with Crippen molar-refractivity contribution in [2.24, 2.45) is 0 Å². The summed E-state index contributed by atoms with van der Waals surface area (Å²) in [5.74, 6) is 3.00. The molecule has 1 unspecified atom stereocenters. The van der Waals surface area contributed by atoms with E-state index in [1.165, 1.54) is 12.8 Å². The van der Waals surface area contributed by atoms with Gasteiger partial charge in [0, 0.05) is 18.0 Å². The van der Waals surface area contributed by atoms with Crippen molar-refractivity contribution in [3.63, 3.8) is 0 Å². The van der Waals surface area contributed by atoms with E-state index in [4.69, 9.17) is 9.47 Å². The van der Waals surface area contributed by atoms with E-state index in [0.717, 1.165) is 41.7 Å². The van der Waals surface area contributed by atoms with Crippen LogP contribution in [0.4, 0.5) is 0 Å². The standard InChI is InChI=1S/C16H21N3O2/c1-20-14-6-5-11(8-15(14)21-2)13-10-18-16(19-13)12-4-3-7-17-9-12/h5-6,8,10,12,17H,3-4,7,9H2,1-2H3,(H,18,19). The van der Waals surface area contributed by atoms with Crippen LogP contribution >= 0.6 is 0 Å². The summed E-state index contributed by atoms with van der Waals surface area (Å²) in [6.07, 6.45) is 4.29. The van der Waals surface area contributed by atoms with Crippen molar-refractivity contribution in [3.8, 4) is 22.8 Å². The molecular formula is C16H21N3O2. The number of piperidine rings is 1. The Kier molecular flexibility index (Phi) is 4.10. The van der Waals surface area contributed by atoms with Gasteiger partial charge < -0.3 is 19.8 Å². The van der Waals surface area contributed by atoms with Gasteiger partial charge >= 0.3 is 0 Å². The summed E-state index contributed by atoms with van der Waals surface area (Å²) in [5, 5.41) is 3.42. The summed E-state index contributed by atoms with van der Waals surface area (Å²) < 4.78 is 10.6. The molecule has 5 heteroatoms. The highest BCUT2D eigenvalue weighted by molar-refractivity contribution is 5.63. The first-order valence-corrected chi connectivity index (χ1v) is 7.30. The van der Waals surface area contributed by atoms with E-state index in [-0.39, 0.29) is 0 Å². The number of methoxy groups -OCH3 is 2. The molecule has 0 amide bonds. The molecule has 5 nitrogen and oxygen atoms in total. The SMILES string of the molecule is COc1ccc(-c2cnc(C3CCCNC3)[nH]2)cc1OC. The van der Waals surface area contributed by atoms with Crippen LogP contribution in [-0.4, -0.2) is 37.3 Å². The maximum atomic E-state index is 5.35. The largest absolute Gasteiger partial charge is 0.493 e. The first-order chi connectivity index (χ1) is 10.3. The zero-order valence-electron chi connectivity index (χ0n) is 12.5. The molecule has 3 rings (SSSR count). The molecule has 112 valence electrons. The van der Waals surface area contributed by atoms with Gasteiger partial charge in [-0.1, -0.05) is 0 Å². The number of nitrogens with zero attached hydrogens (tertiary/aromatic N) is 1. The Balaban J connectivity index is 1.85. The van der Waals surface area contributed by atoms with Crippen molar-refractivity contribution >= 4 is 0 Å². The molecule has 0 spiro atoms. The van der Waals surface area contributed by atoms with E-state index in [0.29, 0.717) is 5.92 Å². The fourth-order valence-corrected chi connectivity index (χ4v) is 2.78. The Labute approximate surface area is 124 Å². The maximum Gasteiger partial charge on any atom is 0.161 e. The van der Waals surface area contributed by atoms with Crippen LogP contribution in [0.5, 0.6) is 11.5 Å². The van der Waals surface area contributed by atoms with Gasteiger partial charge in [0.25, 0.3) is 0 Å². The maximum absolute atomic E-state index is 5.35. The van der Waals surface area contributed by atoms with Gasteiger partial charge in [0.15, 0.2) is 11.5 Å². The molecule has 0 saturated carbocycles. The molecule has 0 aliphatic carbocycles. The molecule has 1 atom stereocenters. The summed E-state index contributed by atoms with van der Waals surface area (Å²) in [6, 6.07) is 5.89. The molecule has 2 N–H and O–H groups in total. The van der Waals surface area contributed by atoms with E-state index < -0.39 is 0 Å². The minimum atomic E-state index is 0.479. The van der Waals surface area contributed by atoms with Gasteiger partial charge in [0.05, 0.1) is 26.1 Å². The van der Waals surface area contributed by atoms with Crippen LogP contribution in [0.2, 0.25) is 0 Å². The highest BCUT2D eigenvalue weighted by atomic mass is 16.5. The second-order valence-electron chi connectivity index (χ2n) is 5.30. The van der Waals surface area contributed by atoms with Gasteiger partial charge in [-0.05, 0) is 37.6 Å². The lowest BCUT2D eigenvalue weighted by molar-refractivity contribution is 0.355. The van der Waals surface area contributed by atoms with Gasteiger partial charge in [-0.2, -0.15) is 0 Å². The fourth-order valence-electron chi connectivity index (χ4n) is 2.78. The Bertz CT molecular complexity index is 603. The molecule has 1 fully saturated rings. The average molecular weight is 287 g/mol. The zero-order chi connectivity index (χ0) is 14.7. The predicted octanol–water partition coefficient (Wildman–Crippen LogP) is 2.56. The van der Waals surface area contributed by atoms with E-state index in [1.807, 2.05) is 24.4 Å². The number of imidazole rings is 1. The van der Waals surface area contributed by atoms with Gasteiger partial charge in [-0.15, -0.1) is 0 Å². The Hall–Kier alpha value is -2.01. The molecule has 1 saturated heterocycles. The Morgan fingerprint density at radius 3 is 2.76 bits per heavy atom. The number of rotatable bonds is 4. The van der Waals surface area contributed by atoms with Crippen LogP contribution in [0.25, 0.3) is 11.3 Å². The van der Waals surface area contributed by atoms with Crippen LogP contribution in [0, 0.1) is 0 Å². The van der Waals surface area contributed by atoms with Crippen molar-refractivity contribution in [1.29, 1.82) is 0 Å². The van der Waals surface area contributed by atoms with Crippen molar-refractivity contribution in [2.45, 2.75) is 18.8 Å². The second kappa shape index (κ2) is 6.18. The van der Waals surface area contributed by atoms with Crippen molar-refractivity contribution in [2.75, 3.05) is 27.3 Å². The molecule has 21 heavy (non-hydrogen) atoms. The number of hydrogen-bond acceptors (Lipinski definition) is 4. The number of hydrogen-bond donors (Lipinski definition) is 2. The fraction of sp³-hybridized carbons (Fsp3) is 0.438. The first kappa shape index (κ1) is 13.9. The van der Waals surface area contributed by atoms with Crippen LogP contribution in [0.15, 0.2) is 24.4 Å². The van der Waals surface area contributed by atoms with Gasteiger partial charge in [-0.25, -0.2) is 4.98 Å². The predicted molar refractivity (Wildman–Crippen MR) is 82.0 cm³/mol. The van der Waals surface area contributed by atoms with E-state index >= 15 is 0 Å². The lowest BCUT2D eigenvalue weighted by Crippen LogP contribution is -2.28. The van der Waals surface area contributed by atoms with Crippen molar-refractivity contribution in [3.05, 3.63) is 30.2 Å². The van der Waals surface area contributed by atoms with Gasteiger partial charge in [0.1, 0.15) is 5.82 Å². The quantitative estimate of drug-likeness (QED) is 0.907. The van der Waals surface area contributed by atoms with Crippen molar-refractivity contribution < 1.29 is 9.47 Å². The number of aromatic amines is 1. The number of benzene rings is 1. The summed E-state index contributed by atoms with van der Waals surface area (Å²) in [4.78, 5) is 7.99. The van der Waals surface area contributed by atoms with Crippen LogP contribution in [-0.2, 0) is 0 Å². The van der Waals surface area contributed by atoms with Crippen molar-refractivity contribution in [1.82, 2.24) is 15.3 Å². The first-order valence-electron chi connectivity index (χ1n) is 7.30. The lowest BCUT2D eigenvalue weighted by atomic mass is 9.99. The van der Waals surface area contributed by atoms with Crippen LogP contribution in [0.1, 0.15) is 24.6 Å². The summed E-state index contributed by atoms with van der Waals surface area (Å²) in [7, 11) is 3.29. The molecule has 0 radical (unpaired) electrons. The smallest absolute Gasteiger partial charge is 0.161 e. The van der Waals surface area contributed by atoms with E-state index in [1.54, 1.807) is 14.2 Å². The third kappa shape index (κ3) is 2.88. The van der Waals surface area contributed by atoms with E-state index in [9.17, 15) is 0 Å². The highest BCUT2D eigenvalue weighted by Gasteiger charge is 2.18.